The number of amides is 1. The molecule has 1 N–H and O–H groups in total. The van der Waals surface area contributed by atoms with Gasteiger partial charge in [0.05, 0.1) is 17.2 Å². The van der Waals surface area contributed by atoms with Crippen molar-refractivity contribution in [2.45, 2.75) is 40.5 Å². The minimum absolute atomic E-state index is 0.291. The lowest BCUT2D eigenvalue weighted by Crippen LogP contribution is -2.55. The van der Waals surface area contributed by atoms with Gasteiger partial charge in [-0.1, -0.05) is 13.8 Å². The number of thiazole rings is 1. The molecule has 0 spiro atoms. The highest BCUT2D eigenvalue weighted by atomic mass is 32.1. The summed E-state index contributed by atoms with van der Waals surface area (Å²) in [4.78, 5) is 29.8. The van der Waals surface area contributed by atoms with Crippen molar-refractivity contribution in [1.29, 1.82) is 0 Å². The summed E-state index contributed by atoms with van der Waals surface area (Å²) < 4.78 is 0. The van der Waals surface area contributed by atoms with E-state index in [0.29, 0.717) is 24.3 Å². The molecule has 7 nitrogen and oxygen atoms in total. The van der Waals surface area contributed by atoms with Gasteiger partial charge >= 0.3 is 0 Å². The van der Waals surface area contributed by atoms with Crippen molar-refractivity contribution in [2.24, 2.45) is 16.8 Å². The number of aromatic nitrogens is 1. The van der Waals surface area contributed by atoms with Gasteiger partial charge in [-0.05, 0) is 32.1 Å². The van der Waals surface area contributed by atoms with Gasteiger partial charge in [-0.15, -0.1) is 11.3 Å². The molecule has 2 atom stereocenters. The number of piperazine rings is 1. The van der Waals surface area contributed by atoms with Gasteiger partial charge in [-0.25, -0.2) is 4.98 Å². The summed E-state index contributed by atoms with van der Waals surface area (Å²) in [7, 11) is 1.85. The summed E-state index contributed by atoms with van der Waals surface area (Å²) in [6.07, 6.45) is 2.20. The highest BCUT2D eigenvalue weighted by Gasteiger charge is 2.28. The van der Waals surface area contributed by atoms with Gasteiger partial charge in [0.15, 0.2) is 5.96 Å². The van der Waals surface area contributed by atoms with Gasteiger partial charge in [0, 0.05) is 64.2 Å². The molecule has 2 saturated heterocycles. The Balaban J connectivity index is 1.41. The molecule has 0 aromatic carbocycles. The summed E-state index contributed by atoms with van der Waals surface area (Å²) in [6.45, 7) is 15.5. The van der Waals surface area contributed by atoms with E-state index in [4.69, 9.17) is 0 Å². The van der Waals surface area contributed by atoms with Crippen LogP contribution in [0.2, 0.25) is 0 Å². The minimum atomic E-state index is 0.291. The monoisotopic (exact) mass is 434 g/mol. The molecule has 30 heavy (non-hydrogen) atoms. The summed E-state index contributed by atoms with van der Waals surface area (Å²) in [5.41, 5.74) is 1.14. The summed E-state index contributed by atoms with van der Waals surface area (Å²) in [5, 5.41) is 4.63. The van der Waals surface area contributed by atoms with Crippen molar-refractivity contribution < 1.29 is 4.79 Å². The van der Waals surface area contributed by atoms with Crippen LogP contribution in [0.3, 0.4) is 0 Å². The SMILES string of the molecule is CN=C(NCCc1sc(C)nc1C)N1CCN(CC(=O)N2CC(C)CC(C)C2)CC1. The zero-order chi connectivity index (χ0) is 21.7. The Morgan fingerprint density at radius 1 is 1.13 bits per heavy atom. The van der Waals surface area contributed by atoms with Crippen LogP contribution in [0.1, 0.15) is 35.8 Å². The zero-order valence-corrected chi connectivity index (χ0v) is 20.1. The predicted molar refractivity (Wildman–Crippen MR) is 124 cm³/mol. The normalized spacial score (nSPS) is 23.7. The summed E-state index contributed by atoms with van der Waals surface area (Å²) in [6, 6.07) is 0. The van der Waals surface area contributed by atoms with Gasteiger partial charge in [0.25, 0.3) is 0 Å². The molecule has 1 amide bonds. The van der Waals surface area contributed by atoms with Crippen molar-refractivity contribution in [3.8, 4) is 0 Å². The highest BCUT2D eigenvalue weighted by molar-refractivity contribution is 7.11. The van der Waals surface area contributed by atoms with Crippen LogP contribution in [-0.2, 0) is 11.2 Å². The predicted octanol–water partition coefficient (Wildman–Crippen LogP) is 2.00. The van der Waals surface area contributed by atoms with Crippen molar-refractivity contribution in [3.05, 3.63) is 15.6 Å². The first-order valence-corrected chi connectivity index (χ1v) is 12.1. The number of carbonyl (C=O) groups excluding carboxylic acids is 1. The van der Waals surface area contributed by atoms with Crippen molar-refractivity contribution in [3.63, 3.8) is 0 Å². The lowest BCUT2D eigenvalue weighted by Gasteiger charge is -2.39. The third-order valence-electron chi connectivity index (χ3n) is 6.10. The van der Waals surface area contributed by atoms with Crippen LogP contribution < -0.4 is 5.32 Å². The number of carbonyl (C=O) groups is 1. The molecule has 1 aromatic rings. The first-order valence-electron chi connectivity index (χ1n) is 11.2. The number of aliphatic imine (C=N–C) groups is 1. The van der Waals surface area contributed by atoms with E-state index >= 15 is 0 Å². The van der Waals surface area contributed by atoms with Crippen LogP contribution in [0.25, 0.3) is 0 Å². The number of guanidine groups is 1. The number of aryl methyl sites for hydroxylation is 2. The molecule has 8 heteroatoms. The molecule has 0 radical (unpaired) electrons. The quantitative estimate of drug-likeness (QED) is 0.567. The average Bonchev–Trinajstić information content (AvgIpc) is 3.02. The molecule has 168 valence electrons. The smallest absolute Gasteiger partial charge is 0.236 e. The Morgan fingerprint density at radius 2 is 1.80 bits per heavy atom. The molecule has 1 aromatic heterocycles. The molecule has 2 aliphatic heterocycles. The van der Waals surface area contributed by atoms with Crippen LogP contribution in [0.5, 0.6) is 0 Å². The molecular weight excluding hydrogens is 396 g/mol. The molecule has 3 rings (SSSR count). The highest BCUT2D eigenvalue weighted by Crippen LogP contribution is 2.21. The lowest BCUT2D eigenvalue weighted by molar-refractivity contribution is -0.135. The molecule has 0 bridgehead atoms. The standard InChI is InChI=1S/C22H38N6OS/c1-16-12-17(2)14-28(13-16)21(29)15-26-8-10-27(11-9-26)22(23-5)24-7-6-20-18(3)25-19(4)30-20/h16-17H,6-15H2,1-5H3,(H,23,24). The summed E-state index contributed by atoms with van der Waals surface area (Å²) in [5.74, 6) is 2.47. The van der Waals surface area contributed by atoms with E-state index in [1.807, 2.05) is 7.05 Å². The topological polar surface area (TPSA) is 64.1 Å². The number of rotatable bonds is 5. The second-order valence-corrected chi connectivity index (χ2v) is 10.3. The summed E-state index contributed by atoms with van der Waals surface area (Å²) >= 11 is 1.78. The van der Waals surface area contributed by atoms with Crippen LogP contribution in [-0.4, -0.2) is 91.0 Å². The van der Waals surface area contributed by atoms with Gasteiger partial charge in [0.2, 0.25) is 5.91 Å². The van der Waals surface area contributed by atoms with E-state index in [1.165, 1.54) is 11.3 Å². The second kappa shape index (κ2) is 10.6. The number of nitrogens with zero attached hydrogens (tertiary/aromatic N) is 5. The zero-order valence-electron chi connectivity index (χ0n) is 19.3. The fraction of sp³-hybridized carbons (Fsp3) is 0.773. The lowest BCUT2D eigenvalue weighted by atomic mass is 9.92. The van der Waals surface area contributed by atoms with Gasteiger partial charge < -0.3 is 15.1 Å². The molecule has 3 heterocycles. The molecule has 0 saturated carbocycles. The maximum absolute atomic E-state index is 12.8. The van der Waals surface area contributed by atoms with E-state index in [9.17, 15) is 4.79 Å². The van der Waals surface area contributed by atoms with Crippen LogP contribution in [0.15, 0.2) is 4.99 Å². The number of nitrogens with one attached hydrogen (secondary N) is 1. The Morgan fingerprint density at radius 3 is 2.37 bits per heavy atom. The van der Waals surface area contributed by atoms with Gasteiger partial charge in [-0.3, -0.25) is 14.7 Å². The van der Waals surface area contributed by atoms with E-state index in [2.05, 4.69) is 57.7 Å². The Hall–Kier alpha value is -1.67. The fourth-order valence-electron chi connectivity index (χ4n) is 4.70. The average molecular weight is 435 g/mol. The number of hydrogen-bond donors (Lipinski definition) is 1. The van der Waals surface area contributed by atoms with E-state index in [1.54, 1.807) is 11.3 Å². The number of piperidine rings is 1. The van der Waals surface area contributed by atoms with Crippen molar-refractivity contribution in [1.82, 2.24) is 25.0 Å². The maximum Gasteiger partial charge on any atom is 0.236 e. The van der Waals surface area contributed by atoms with E-state index in [0.717, 1.165) is 68.9 Å². The minimum Gasteiger partial charge on any atom is -0.356 e. The Labute approximate surface area is 185 Å². The molecule has 0 aliphatic carbocycles. The Kier molecular flexibility index (Phi) is 8.11. The van der Waals surface area contributed by atoms with Crippen LogP contribution in [0, 0.1) is 25.7 Å². The first-order chi connectivity index (χ1) is 14.4. The number of likely N-dealkylation sites (tertiary alicyclic amines) is 1. The van der Waals surface area contributed by atoms with Crippen LogP contribution in [0.4, 0.5) is 0 Å². The van der Waals surface area contributed by atoms with Crippen molar-refractivity contribution >= 4 is 23.2 Å². The maximum atomic E-state index is 12.8. The Bertz CT molecular complexity index is 730. The molecule has 2 aliphatic rings. The molecule has 2 fully saturated rings. The van der Waals surface area contributed by atoms with Gasteiger partial charge in [0.1, 0.15) is 0 Å². The van der Waals surface area contributed by atoms with Crippen LogP contribution >= 0.6 is 11.3 Å². The molecule has 2 unspecified atom stereocenters. The first kappa shape index (κ1) is 23.0. The molecular formula is C22H38N6OS. The van der Waals surface area contributed by atoms with E-state index in [-0.39, 0.29) is 0 Å². The third kappa shape index (κ3) is 6.17. The fourth-order valence-corrected chi connectivity index (χ4v) is 5.64. The third-order valence-corrected chi connectivity index (χ3v) is 7.23. The van der Waals surface area contributed by atoms with Gasteiger partial charge in [-0.2, -0.15) is 0 Å². The number of hydrogen-bond acceptors (Lipinski definition) is 5. The van der Waals surface area contributed by atoms with Crippen molar-refractivity contribution in [2.75, 3.05) is 59.4 Å². The van der Waals surface area contributed by atoms with E-state index < -0.39 is 0 Å². The largest absolute Gasteiger partial charge is 0.356 e. The second-order valence-electron chi connectivity index (χ2n) is 8.97.